The Labute approximate surface area is 122 Å². The van der Waals surface area contributed by atoms with Gasteiger partial charge in [0.25, 0.3) is 0 Å². The Morgan fingerprint density at radius 1 is 1.33 bits per heavy atom. The fraction of sp³-hybridized carbons (Fsp3) is 0.400. The second-order valence-corrected chi connectivity index (χ2v) is 4.99. The van der Waals surface area contributed by atoms with Crippen LogP contribution in [0.1, 0.15) is 5.56 Å². The SMILES string of the molecule is O=C(O)/C=C/c1cccc(OCCN2CC(O)C(O)C2)c1. The zero-order valence-corrected chi connectivity index (χ0v) is 11.6. The van der Waals surface area contributed by atoms with E-state index in [1.807, 2.05) is 4.90 Å². The Balaban J connectivity index is 1.81. The van der Waals surface area contributed by atoms with E-state index in [-0.39, 0.29) is 0 Å². The van der Waals surface area contributed by atoms with Gasteiger partial charge in [-0.15, -0.1) is 0 Å². The van der Waals surface area contributed by atoms with Crippen molar-refractivity contribution in [3.8, 4) is 5.75 Å². The molecule has 2 rings (SSSR count). The normalized spacial score (nSPS) is 22.8. The largest absolute Gasteiger partial charge is 0.492 e. The number of aliphatic carboxylic acids is 1. The van der Waals surface area contributed by atoms with Crippen LogP contribution in [0.15, 0.2) is 30.3 Å². The summed E-state index contributed by atoms with van der Waals surface area (Å²) >= 11 is 0. The Morgan fingerprint density at radius 2 is 2.05 bits per heavy atom. The molecule has 6 nitrogen and oxygen atoms in total. The second-order valence-electron chi connectivity index (χ2n) is 4.99. The van der Waals surface area contributed by atoms with Gasteiger partial charge >= 0.3 is 5.97 Å². The standard InChI is InChI=1S/C15H19NO5/c17-13-9-16(10-14(13)18)6-7-21-12-3-1-2-11(8-12)4-5-15(19)20/h1-5,8,13-14,17-18H,6-7,9-10H2,(H,19,20)/b5-4+. The average molecular weight is 293 g/mol. The first-order valence-electron chi connectivity index (χ1n) is 6.77. The van der Waals surface area contributed by atoms with Crippen LogP contribution < -0.4 is 4.74 Å². The fourth-order valence-corrected chi connectivity index (χ4v) is 2.20. The molecule has 0 amide bonds. The van der Waals surface area contributed by atoms with Crippen LogP contribution in [0, 0.1) is 0 Å². The first-order valence-corrected chi connectivity index (χ1v) is 6.77. The van der Waals surface area contributed by atoms with Crippen molar-refractivity contribution in [2.75, 3.05) is 26.2 Å². The molecule has 1 heterocycles. The molecule has 0 aliphatic carbocycles. The topological polar surface area (TPSA) is 90.2 Å². The van der Waals surface area contributed by atoms with Gasteiger partial charge in [-0.25, -0.2) is 4.79 Å². The maximum absolute atomic E-state index is 10.5. The number of aliphatic hydroxyl groups is 2. The van der Waals surface area contributed by atoms with Gasteiger partial charge < -0.3 is 20.1 Å². The van der Waals surface area contributed by atoms with Crippen molar-refractivity contribution >= 4 is 12.0 Å². The van der Waals surface area contributed by atoms with Crippen molar-refractivity contribution in [3.05, 3.63) is 35.9 Å². The molecule has 3 N–H and O–H groups in total. The lowest BCUT2D eigenvalue weighted by Crippen LogP contribution is -2.27. The summed E-state index contributed by atoms with van der Waals surface area (Å²) in [5.74, 6) is -0.338. The summed E-state index contributed by atoms with van der Waals surface area (Å²) in [4.78, 5) is 12.4. The monoisotopic (exact) mass is 293 g/mol. The van der Waals surface area contributed by atoms with Crippen LogP contribution >= 0.6 is 0 Å². The van der Waals surface area contributed by atoms with Gasteiger partial charge in [0, 0.05) is 25.7 Å². The highest BCUT2D eigenvalue weighted by Gasteiger charge is 2.28. The maximum atomic E-state index is 10.5. The molecule has 6 heteroatoms. The third-order valence-electron chi connectivity index (χ3n) is 3.29. The lowest BCUT2D eigenvalue weighted by Gasteiger charge is -2.15. The number of carboxylic acid groups (broad SMARTS) is 1. The molecule has 1 aromatic carbocycles. The quantitative estimate of drug-likeness (QED) is 0.649. The fourth-order valence-electron chi connectivity index (χ4n) is 2.20. The molecule has 1 aromatic rings. The number of hydrogen-bond donors (Lipinski definition) is 3. The van der Waals surface area contributed by atoms with Crippen LogP contribution in [0.3, 0.4) is 0 Å². The molecular weight excluding hydrogens is 274 g/mol. The molecule has 0 bridgehead atoms. The molecule has 114 valence electrons. The molecule has 21 heavy (non-hydrogen) atoms. The number of rotatable bonds is 6. The molecule has 1 fully saturated rings. The van der Waals surface area contributed by atoms with Gasteiger partial charge in [0.1, 0.15) is 12.4 Å². The van der Waals surface area contributed by atoms with Crippen LogP contribution in [0.25, 0.3) is 6.08 Å². The van der Waals surface area contributed by atoms with Crippen molar-refractivity contribution in [2.24, 2.45) is 0 Å². The molecule has 2 atom stereocenters. The molecular formula is C15H19NO5. The highest BCUT2D eigenvalue weighted by molar-refractivity contribution is 5.85. The third-order valence-corrected chi connectivity index (χ3v) is 3.29. The number of ether oxygens (including phenoxy) is 1. The minimum Gasteiger partial charge on any atom is -0.492 e. The molecule has 0 aromatic heterocycles. The molecule has 0 spiro atoms. The van der Waals surface area contributed by atoms with E-state index in [0.29, 0.717) is 32.0 Å². The summed E-state index contributed by atoms with van der Waals surface area (Å²) in [5.41, 5.74) is 0.752. The van der Waals surface area contributed by atoms with Crippen LogP contribution in [0.2, 0.25) is 0 Å². The lowest BCUT2D eigenvalue weighted by molar-refractivity contribution is -0.131. The minimum absolute atomic E-state index is 0.436. The first kappa shape index (κ1) is 15.5. The predicted octanol–water partition coefficient (Wildman–Crippen LogP) is 0.201. The number of aliphatic hydroxyl groups excluding tert-OH is 2. The van der Waals surface area contributed by atoms with Crippen LogP contribution in [-0.2, 0) is 4.79 Å². The Kier molecular flexibility index (Phi) is 5.32. The Morgan fingerprint density at radius 3 is 2.71 bits per heavy atom. The van der Waals surface area contributed by atoms with E-state index in [0.717, 1.165) is 11.6 Å². The molecule has 0 radical (unpaired) electrons. The van der Waals surface area contributed by atoms with Gasteiger partial charge in [-0.1, -0.05) is 12.1 Å². The van der Waals surface area contributed by atoms with E-state index in [4.69, 9.17) is 9.84 Å². The molecule has 1 saturated heterocycles. The van der Waals surface area contributed by atoms with Crippen molar-refractivity contribution < 1.29 is 24.9 Å². The number of carbonyl (C=O) groups is 1. The van der Waals surface area contributed by atoms with Crippen molar-refractivity contribution in [2.45, 2.75) is 12.2 Å². The van der Waals surface area contributed by atoms with E-state index in [1.54, 1.807) is 24.3 Å². The number of benzene rings is 1. The van der Waals surface area contributed by atoms with Crippen LogP contribution in [0.4, 0.5) is 0 Å². The third kappa shape index (κ3) is 4.86. The van der Waals surface area contributed by atoms with Gasteiger partial charge in [0.15, 0.2) is 0 Å². The lowest BCUT2D eigenvalue weighted by atomic mass is 10.2. The van der Waals surface area contributed by atoms with Crippen LogP contribution in [-0.4, -0.2) is 64.6 Å². The summed E-state index contributed by atoms with van der Waals surface area (Å²) in [7, 11) is 0. The second kappa shape index (κ2) is 7.21. The summed E-state index contributed by atoms with van der Waals surface area (Å²) in [5, 5.41) is 27.5. The summed E-state index contributed by atoms with van der Waals surface area (Å²) in [6, 6.07) is 7.14. The molecule has 0 saturated carbocycles. The average Bonchev–Trinajstić information content (AvgIpc) is 2.76. The number of likely N-dealkylation sites (tertiary alicyclic amines) is 1. The van der Waals surface area contributed by atoms with Crippen LogP contribution in [0.5, 0.6) is 5.75 Å². The highest BCUT2D eigenvalue weighted by Crippen LogP contribution is 2.15. The zero-order valence-electron chi connectivity index (χ0n) is 11.6. The predicted molar refractivity (Wildman–Crippen MR) is 77.1 cm³/mol. The number of β-amino-alcohol motifs (C(OH)–C–C–N with tert-alkyl or cyclic N) is 2. The smallest absolute Gasteiger partial charge is 0.328 e. The minimum atomic E-state index is -0.993. The van der Waals surface area contributed by atoms with E-state index < -0.39 is 18.2 Å². The highest BCUT2D eigenvalue weighted by atomic mass is 16.5. The number of carboxylic acids is 1. The van der Waals surface area contributed by atoms with Gasteiger partial charge in [-0.05, 0) is 23.8 Å². The van der Waals surface area contributed by atoms with Gasteiger partial charge in [-0.2, -0.15) is 0 Å². The summed E-state index contributed by atoms with van der Waals surface area (Å²) in [6.45, 7) is 1.95. The maximum Gasteiger partial charge on any atom is 0.328 e. The zero-order chi connectivity index (χ0) is 15.2. The van der Waals surface area contributed by atoms with E-state index in [1.165, 1.54) is 6.08 Å². The van der Waals surface area contributed by atoms with Gasteiger partial charge in [0.05, 0.1) is 12.2 Å². The van der Waals surface area contributed by atoms with Crippen molar-refractivity contribution in [1.82, 2.24) is 4.90 Å². The summed E-state index contributed by atoms with van der Waals surface area (Å²) in [6.07, 6.45) is 1.21. The number of hydrogen-bond acceptors (Lipinski definition) is 5. The van der Waals surface area contributed by atoms with Gasteiger partial charge in [-0.3, -0.25) is 4.90 Å². The van der Waals surface area contributed by atoms with Gasteiger partial charge in [0.2, 0.25) is 0 Å². The van der Waals surface area contributed by atoms with Crippen molar-refractivity contribution in [3.63, 3.8) is 0 Å². The molecule has 1 aliphatic heterocycles. The Bertz CT molecular complexity index is 507. The number of nitrogens with zero attached hydrogens (tertiary/aromatic N) is 1. The van der Waals surface area contributed by atoms with E-state index >= 15 is 0 Å². The first-order chi connectivity index (χ1) is 10.0. The summed E-state index contributed by atoms with van der Waals surface area (Å²) < 4.78 is 5.60. The Hall–Kier alpha value is -1.89. The van der Waals surface area contributed by atoms with E-state index in [9.17, 15) is 15.0 Å². The molecule has 2 unspecified atom stereocenters. The van der Waals surface area contributed by atoms with Crippen molar-refractivity contribution in [1.29, 1.82) is 0 Å². The van der Waals surface area contributed by atoms with E-state index in [2.05, 4.69) is 0 Å². The molecule has 1 aliphatic rings.